The second-order valence-corrected chi connectivity index (χ2v) is 4.82. The standard InChI is InChI=1S/C14H20N4/c1-10(2)13-5-6-18(17-13)14-7-11(3)16-9-12(14)8-15-4/h5-7,9-10,15H,8H2,1-4H3. The lowest BCUT2D eigenvalue weighted by Crippen LogP contribution is -2.10. The third kappa shape index (κ3) is 2.59. The average molecular weight is 244 g/mol. The van der Waals surface area contributed by atoms with Gasteiger partial charge in [-0.25, -0.2) is 4.68 Å². The molecule has 0 saturated heterocycles. The van der Waals surface area contributed by atoms with Crippen molar-refractivity contribution in [1.82, 2.24) is 20.1 Å². The van der Waals surface area contributed by atoms with Crippen molar-refractivity contribution in [2.24, 2.45) is 0 Å². The monoisotopic (exact) mass is 244 g/mol. The van der Waals surface area contributed by atoms with E-state index in [4.69, 9.17) is 0 Å². The molecule has 0 aliphatic carbocycles. The molecule has 2 aromatic rings. The van der Waals surface area contributed by atoms with Crippen molar-refractivity contribution in [2.75, 3.05) is 7.05 Å². The number of hydrogen-bond acceptors (Lipinski definition) is 3. The Balaban J connectivity index is 2.44. The van der Waals surface area contributed by atoms with Crippen LogP contribution in [0.5, 0.6) is 0 Å². The van der Waals surface area contributed by atoms with Crippen LogP contribution >= 0.6 is 0 Å². The Hall–Kier alpha value is -1.68. The third-order valence-electron chi connectivity index (χ3n) is 2.91. The van der Waals surface area contributed by atoms with E-state index in [1.165, 1.54) is 0 Å². The molecule has 0 unspecified atom stereocenters. The van der Waals surface area contributed by atoms with Crippen molar-refractivity contribution in [3.63, 3.8) is 0 Å². The Kier molecular flexibility index (Phi) is 3.77. The SMILES string of the molecule is CNCc1cnc(C)cc1-n1ccc(C(C)C)n1. The van der Waals surface area contributed by atoms with E-state index < -0.39 is 0 Å². The van der Waals surface area contributed by atoms with E-state index in [0.29, 0.717) is 5.92 Å². The first kappa shape index (κ1) is 12.8. The van der Waals surface area contributed by atoms with Crippen molar-refractivity contribution < 1.29 is 0 Å². The van der Waals surface area contributed by atoms with Gasteiger partial charge in [-0.15, -0.1) is 0 Å². The number of nitrogens with zero attached hydrogens (tertiary/aromatic N) is 3. The molecule has 0 atom stereocenters. The molecule has 0 aliphatic rings. The third-order valence-corrected chi connectivity index (χ3v) is 2.91. The second-order valence-electron chi connectivity index (χ2n) is 4.82. The maximum absolute atomic E-state index is 4.63. The minimum absolute atomic E-state index is 0.446. The summed E-state index contributed by atoms with van der Waals surface area (Å²) in [5, 5.41) is 7.79. The van der Waals surface area contributed by atoms with Gasteiger partial charge >= 0.3 is 0 Å². The first-order chi connectivity index (χ1) is 8.61. The first-order valence-corrected chi connectivity index (χ1v) is 6.28. The Labute approximate surface area is 108 Å². The highest BCUT2D eigenvalue weighted by Gasteiger charge is 2.09. The van der Waals surface area contributed by atoms with Gasteiger partial charge in [-0.05, 0) is 32.0 Å². The van der Waals surface area contributed by atoms with E-state index in [0.717, 1.165) is 29.2 Å². The zero-order chi connectivity index (χ0) is 13.1. The molecule has 0 spiro atoms. The van der Waals surface area contributed by atoms with Gasteiger partial charge in [-0.3, -0.25) is 4.98 Å². The molecule has 0 fully saturated rings. The largest absolute Gasteiger partial charge is 0.316 e. The molecule has 1 N–H and O–H groups in total. The van der Waals surface area contributed by atoms with Gasteiger partial charge in [0.2, 0.25) is 0 Å². The number of rotatable bonds is 4. The molecule has 18 heavy (non-hydrogen) atoms. The van der Waals surface area contributed by atoms with Gasteiger partial charge in [-0.2, -0.15) is 5.10 Å². The second kappa shape index (κ2) is 5.31. The lowest BCUT2D eigenvalue weighted by Gasteiger charge is -2.10. The van der Waals surface area contributed by atoms with Crippen LogP contribution in [0.1, 0.15) is 36.7 Å². The Morgan fingerprint density at radius 3 is 2.78 bits per heavy atom. The van der Waals surface area contributed by atoms with Crippen molar-refractivity contribution in [3.05, 3.63) is 41.5 Å². The van der Waals surface area contributed by atoms with E-state index in [-0.39, 0.29) is 0 Å². The molecule has 2 aromatic heterocycles. The minimum atomic E-state index is 0.446. The summed E-state index contributed by atoms with van der Waals surface area (Å²) in [4.78, 5) is 4.34. The van der Waals surface area contributed by atoms with Crippen LogP contribution in [0.4, 0.5) is 0 Å². The van der Waals surface area contributed by atoms with Gasteiger partial charge in [0, 0.05) is 30.2 Å². The van der Waals surface area contributed by atoms with Crippen molar-refractivity contribution in [3.8, 4) is 5.69 Å². The van der Waals surface area contributed by atoms with Gasteiger partial charge in [0.15, 0.2) is 0 Å². The van der Waals surface area contributed by atoms with Crippen molar-refractivity contribution in [1.29, 1.82) is 0 Å². The molecule has 2 heterocycles. The highest BCUT2D eigenvalue weighted by molar-refractivity contribution is 5.40. The molecule has 0 radical (unpaired) electrons. The molecule has 0 saturated carbocycles. The van der Waals surface area contributed by atoms with Crippen LogP contribution in [0.25, 0.3) is 5.69 Å². The highest BCUT2D eigenvalue weighted by atomic mass is 15.3. The van der Waals surface area contributed by atoms with E-state index in [1.54, 1.807) is 0 Å². The normalized spacial score (nSPS) is 11.2. The lowest BCUT2D eigenvalue weighted by atomic mass is 10.1. The fraction of sp³-hybridized carbons (Fsp3) is 0.429. The molecule has 2 rings (SSSR count). The van der Waals surface area contributed by atoms with Gasteiger partial charge < -0.3 is 5.32 Å². The van der Waals surface area contributed by atoms with E-state index in [1.807, 2.05) is 31.0 Å². The minimum Gasteiger partial charge on any atom is -0.316 e. The molecule has 0 amide bonds. The number of aromatic nitrogens is 3. The number of nitrogens with one attached hydrogen (secondary N) is 1. The number of aryl methyl sites for hydroxylation is 1. The Bertz CT molecular complexity index is 528. The fourth-order valence-electron chi connectivity index (χ4n) is 1.89. The topological polar surface area (TPSA) is 42.7 Å². The molecule has 4 heteroatoms. The van der Waals surface area contributed by atoms with Gasteiger partial charge in [0.25, 0.3) is 0 Å². The zero-order valence-corrected chi connectivity index (χ0v) is 11.4. The van der Waals surface area contributed by atoms with Crippen LogP contribution in [-0.4, -0.2) is 21.8 Å². The number of hydrogen-bond donors (Lipinski definition) is 1. The molecule has 96 valence electrons. The molecule has 0 aromatic carbocycles. The van der Waals surface area contributed by atoms with E-state index in [9.17, 15) is 0 Å². The Morgan fingerprint density at radius 1 is 1.39 bits per heavy atom. The predicted octanol–water partition coefficient (Wildman–Crippen LogP) is 2.42. The molecule has 0 bridgehead atoms. The maximum atomic E-state index is 4.63. The van der Waals surface area contributed by atoms with Gasteiger partial charge in [-0.1, -0.05) is 13.8 Å². The summed E-state index contributed by atoms with van der Waals surface area (Å²) in [7, 11) is 1.94. The summed E-state index contributed by atoms with van der Waals surface area (Å²) in [5.74, 6) is 0.446. The van der Waals surface area contributed by atoms with Crippen LogP contribution in [0.15, 0.2) is 24.5 Å². The van der Waals surface area contributed by atoms with Crippen LogP contribution in [0.3, 0.4) is 0 Å². The number of pyridine rings is 1. The average Bonchev–Trinajstić information content (AvgIpc) is 2.81. The zero-order valence-electron chi connectivity index (χ0n) is 11.4. The van der Waals surface area contributed by atoms with Crippen LogP contribution in [0.2, 0.25) is 0 Å². The quantitative estimate of drug-likeness (QED) is 0.898. The summed E-state index contributed by atoms with van der Waals surface area (Å²) in [5.41, 5.74) is 4.37. The summed E-state index contributed by atoms with van der Waals surface area (Å²) in [6, 6.07) is 4.15. The Morgan fingerprint density at radius 2 is 2.17 bits per heavy atom. The van der Waals surface area contributed by atoms with Gasteiger partial charge in [0.05, 0.1) is 11.4 Å². The van der Waals surface area contributed by atoms with E-state index in [2.05, 4.69) is 41.4 Å². The summed E-state index contributed by atoms with van der Waals surface area (Å²) >= 11 is 0. The summed E-state index contributed by atoms with van der Waals surface area (Å²) < 4.78 is 1.94. The first-order valence-electron chi connectivity index (χ1n) is 6.28. The maximum Gasteiger partial charge on any atom is 0.0724 e. The molecule has 0 aliphatic heterocycles. The van der Waals surface area contributed by atoms with Gasteiger partial charge in [0.1, 0.15) is 0 Å². The highest BCUT2D eigenvalue weighted by Crippen LogP contribution is 2.17. The van der Waals surface area contributed by atoms with Crippen LogP contribution < -0.4 is 5.32 Å². The van der Waals surface area contributed by atoms with Crippen molar-refractivity contribution in [2.45, 2.75) is 33.2 Å². The lowest BCUT2D eigenvalue weighted by molar-refractivity contribution is 0.747. The van der Waals surface area contributed by atoms with Crippen LogP contribution in [-0.2, 0) is 6.54 Å². The molecule has 4 nitrogen and oxygen atoms in total. The van der Waals surface area contributed by atoms with E-state index >= 15 is 0 Å². The summed E-state index contributed by atoms with van der Waals surface area (Å²) in [6.07, 6.45) is 3.93. The molecular weight excluding hydrogens is 224 g/mol. The fourth-order valence-corrected chi connectivity index (χ4v) is 1.89. The predicted molar refractivity (Wildman–Crippen MR) is 72.9 cm³/mol. The van der Waals surface area contributed by atoms with Crippen LogP contribution in [0, 0.1) is 6.92 Å². The smallest absolute Gasteiger partial charge is 0.0724 e. The summed E-state index contributed by atoms with van der Waals surface area (Å²) in [6.45, 7) is 7.09. The molecular formula is C14H20N4. The van der Waals surface area contributed by atoms with Crippen molar-refractivity contribution >= 4 is 0 Å².